The van der Waals surface area contributed by atoms with E-state index in [9.17, 15) is 0 Å². The smallest absolute Gasteiger partial charge is 0.223 e. The molecule has 6 nitrogen and oxygen atoms in total. The van der Waals surface area contributed by atoms with Gasteiger partial charge in [0.05, 0.1) is 0 Å². The van der Waals surface area contributed by atoms with Gasteiger partial charge in [0.2, 0.25) is 5.89 Å². The van der Waals surface area contributed by atoms with Crippen molar-refractivity contribution in [3.05, 3.63) is 11.7 Å². The number of guanidine groups is 1. The summed E-state index contributed by atoms with van der Waals surface area (Å²) in [5.41, 5.74) is 5.86. The van der Waals surface area contributed by atoms with Crippen LogP contribution in [0.15, 0.2) is 9.52 Å². The summed E-state index contributed by atoms with van der Waals surface area (Å²) >= 11 is 0. The fourth-order valence-electron chi connectivity index (χ4n) is 2.24. The van der Waals surface area contributed by atoms with E-state index in [0.717, 1.165) is 0 Å². The Hall–Kier alpha value is -0.860. The molecular weight excluding hydrogens is 357 g/mol. The second kappa shape index (κ2) is 8.34. The van der Waals surface area contributed by atoms with Crippen LogP contribution in [0.4, 0.5) is 0 Å². The molecule has 0 atom stereocenters. The van der Waals surface area contributed by atoms with Crippen LogP contribution in [0.1, 0.15) is 50.2 Å². The van der Waals surface area contributed by atoms with Crippen molar-refractivity contribution in [1.29, 1.82) is 0 Å². The van der Waals surface area contributed by atoms with Crippen molar-refractivity contribution < 1.29 is 4.52 Å². The van der Waals surface area contributed by atoms with Gasteiger partial charge in [0, 0.05) is 13.0 Å². The van der Waals surface area contributed by atoms with E-state index >= 15 is 0 Å². The Balaban J connectivity index is 0.00000180. The maximum atomic E-state index is 5.86. The highest BCUT2D eigenvalue weighted by Crippen LogP contribution is 2.16. The highest BCUT2D eigenvalue weighted by Gasteiger charge is 2.12. The van der Waals surface area contributed by atoms with Crippen LogP contribution >= 0.6 is 24.0 Å². The minimum absolute atomic E-state index is 0. The molecule has 108 valence electrons. The first kappa shape index (κ1) is 16.2. The van der Waals surface area contributed by atoms with E-state index in [2.05, 4.69) is 20.4 Å². The van der Waals surface area contributed by atoms with Gasteiger partial charge in [-0.25, -0.2) is 4.99 Å². The van der Waals surface area contributed by atoms with Gasteiger partial charge < -0.3 is 15.6 Å². The normalized spacial score (nSPS) is 17.6. The average Bonchev–Trinajstić information content (AvgIpc) is 2.60. The molecule has 0 saturated heterocycles. The van der Waals surface area contributed by atoms with Crippen molar-refractivity contribution >= 4 is 29.9 Å². The van der Waals surface area contributed by atoms with Crippen molar-refractivity contribution in [2.45, 2.75) is 58.0 Å². The molecule has 1 aromatic rings. The maximum absolute atomic E-state index is 5.86. The lowest BCUT2D eigenvalue weighted by Gasteiger charge is -2.16. The molecule has 0 spiro atoms. The van der Waals surface area contributed by atoms with Gasteiger partial charge in [-0.05, 0) is 12.8 Å². The number of nitrogens with two attached hydrogens (primary N) is 1. The summed E-state index contributed by atoms with van der Waals surface area (Å²) in [6.45, 7) is 2.12. The molecule has 0 aromatic carbocycles. The number of rotatable bonds is 3. The second-order valence-electron chi connectivity index (χ2n) is 4.76. The van der Waals surface area contributed by atoms with Gasteiger partial charge in [0.25, 0.3) is 0 Å². The zero-order valence-electron chi connectivity index (χ0n) is 11.3. The molecule has 1 aromatic heterocycles. The average molecular weight is 379 g/mol. The van der Waals surface area contributed by atoms with Crippen molar-refractivity contribution in [3.8, 4) is 0 Å². The predicted molar refractivity (Wildman–Crippen MR) is 84.4 cm³/mol. The van der Waals surface area contributed by atoms with E-state index in [1.807, 2.05) is 0 Å². The highest BCUT2D eigenvalue weighted by molar-refractivity contribution is 14.0. The lowest BCUT2D eigenvalue weighted by molar-refractivity contribution is 0.387. The SMILES string of the molecule is Cc1nc(CN=C(N)NC2CCCCCC2)no1.I. The zero-order valence-corrected chi connectivity index (χ0v) is 13.6. The lowest BCUT2D eigenvalue weighted by Crippen LogP contribution is -2.39. The van der Waals surface area contributed by atoms with E-state index in [-0.39, 0.29) is 24.0 Å². The zero-order chi connectivity index (χ0) is 12.8. The Morgan fingerprint density at radius 2 is 2.05 bits per heavy atom. The van der Waals surface area contributed by atoms with E-state index in [0.29, 0.717) is 30.3 Å². The maximum Gasteiger partial charge on any atom is 0.223 e. The van der Waals surface area contributed by atoms with Crippen LogP contribution < -0.4 is 11.1 Å². The van der Waals surface area contributed by atoms with Crippen molar-refractivity contribution in [2.24, 2.45) is 10.7 Å². The van der Waals surface area contributed by atoms with Gasteiger partial charge in [0.15, 0.2) is 11.8 Å². The fourth-order valence-corrected chi connectivity index (χ4v) is 2.24. The van der Waals surface area contributed by atoms with E-state index < -0.39 is 0 Å². The molecular formula is C12H22IN5O. The molecule has 0 bridgehead atoms. The molecule has 1 saturated carbocycles. The number of aryl methyl sites for hydroxylation is 1. The minimum atomic E-state index is 0. The molecule has 19 heavy (non-hydrogen) atoms. The number of nitrogens with zero attached hydrogens (tertiary/aromatic N) is 3. The molecule has 7 heteroatoms. The topological polar surface area (TPSA) is 89.3 Å². The van der Waals surface area contributed by atoms with Crippen LogP contribution in [-0.4, -0.2) is 22.1 Å². The first-order valence-corrected chi connectivity index (χ1v) is 6.59. The lowest BCUT2D eigenvalue weighted by atomic mass is 10.1. The summed E-state index contributed by atoms with van der Waals surface area (Å²) in [4.78, 5) is 8.31. The van der Waals surface area contributed by atoms with Crippen molar-refractivity contribution in [2.75, 3.05) is 0 Å². The number of aromatic nitrogens is 2. The monoisotopic (exact) mass is 379 g/mol. The first-order valence-electron chi connectivity index (χ1n) is 6.59. The van der Waals surface area contributed by atoms with Crippen molar-refractivity contribution in [3.63, 3.8) is 0 Å². The molecule has 1 aliphatic rings. The summed E-state index contributed by atoms with van der Waals surface area (Å²) in [5.74, 6) is 1.60. The summed E-state index contributed by atoms with van der Waals surface area (Å²) in [6, 6.07) is 0.461. The molecule has 1 fully saturated rings. The Kier molecular flexibility index (Phi) is 7.11. The largest absolute Gasteiger partial charge is 0.370 e. The van der Waals surface area contributed by atoms with E-state index in [4.69, 9.17) is 10.3 Å². The summed E-state index contributed by atoms with van der Waals surface area (Å²) in [5, 5.41) is 7.05. The third-order valence-electron chi connectivity index (χ3n) is 3.17. The number of aliphatic imine (C=N–C) groups is 1. The van der Waals surface area contributed by atoms with Crippen LogP contribution in [0.2, 0.25) is 0 Å². The summed E-state index contributed by atoms with van der Waals surface area (Å²) in [6.07, 6.45) is 7.56. The third kappa shape index (κ3) is 5.75. The van der Waals surface area contributed by atoms with Gasteiger partial charge in [0.1, 0.15) is 6.54 Å². The Labute approximate surface area is 130 Å². The standard InChI is InChI=1S/C12H21N5O.HI/c1-9-15-11(17-18-9)8-14-12(13)16-10-6-4-2-3-5-7-10;/h10H,2-8H2,1H3,(H3,13,14,16);1H. The molecule has 3 N–H and O–H groups in total. The first-order chi connectivity index (χ1) is 8.74. The molecule has 2 rings (SSSR count). The molecule has 1 aliphatic carbocycles. The molecule has 0 unspecified atom stereocenters. The number of hydrogen-bond acceptors (Lipinski definition) is 4. The minimum Gasteiger partial charge on any atom is -0.370 e. The molecule has 0 radical (unpaired) electrons. The second-order valence-corrected chi connectivity index (χ2v) is 4.76. The molecule has 1 heterocycles. The van der Waals surface area contributed by atoms with Crippen LogP contribution in [0.25, 0.3) is 0 Å². The van der Waals surface area contributed by atoms with Gasteiger partial charge >= 0.3 is 0 Å². The Morgan fingerprint density at radius 1 is 1.37 bits per heavy atom. The predicted octanol–water partition coefficient (Wildman–Crippen LogP) is 2.12. The molecule has 0 aliphatic heterocycles. The van der Waals surface area contributed by atoms with Gasteiger partial charge in [-0.1, -0.05) is 30.8 Å². The van der Waals surface area contributed by atoms with Crippen molar-refractivity contribution in [1.82, 2.24) is 15.5 Å². The number of hydrogen-bond donors (Lipinski definition) is 2. The Bertz CT molecular complexity index is 399. The van der Waals surface area contributed by atoms with Crippen LogP contribution in [-0.2, 0) is 6.54 Å². The number of halogens is 1. The third-order valence-corrected chi connectivity index (χ3v) is 3.17. The van der Waals surface area contributed by atoms with Gasteiger partial charge in [-0.15, -0.1) is 24.0 Å². The Morgan fingerprint density at radius 3 is 2.63 bits per heavy atom. The summed E-state index contributed by atoms with van der Waals surface area (Å²) in [7, 11) is 0. The van der Waals surface area contributed by atoms with Gasteiger partial charge in [-0.2, -0.15) is 4.98 Å². The van der Waals surface area contributed by atoms with E-state index in [1.165, 1.54) is 38.5 Å². The van der Waals surface area contributed by atoms with Crippen LogP contribution in [0, 0.1) is 6.92 Å². The fraction of sp³-hybridized carbons (Fsp3) is 0.750. The summed E-state index contributed by atoms with van der Waals surface area (Å²) < 4.78 is 4.87. The van der Waals surface area contributed by atoms with E-state index in [1.54, 1.807) is 6.92 Å². The van der Waals surface area contributed by atoms with Crippen LogP contribution in [0.3, 0.4) is 0 Å². The highest BCUT2D eigenvalue weighted by atomic mass is 127. The molecule has 0 amide bonds. The number of nitrogens with one attached hydrogen (secondary N) is 1. The van der Waals surface area contributed by atoms with Crippen LogP contribution in [0.5, 0.6) is 0 Å². The van der Waals surface area contributed by atoms with Gasteiger partial charge in [-0.3, -0.25) is 0 Å². The quantitative estimate of drug-likeness (QED) is 0.364.